The van der Waals surface area contributed by atoms with Crippen LogP contribution in [0.4, 0.5) is 18.9 Å². The van der Waals surface area contributed by atoms with Gasteiger partial charge in [0.05, 0.1) is 31.4 Å². The van der Waals surface area contributed by atoms with Gasteiger partial charge in [0.2, 0.25) is 0 Å². The number of aliphatic imine (C=N–C) groups is 1. The average Bonchev–Trinajstić information content (AvgIpc) is 2.81. The van der Waals surface area contributed by atoms with Gasteiger partial charge in [0.25, 0.3) is 0 Å². The zero-order valence-corrected chi connectivity index (χ0v) is 19.4. The maximum Gasteiger partial charge on any atom is 0.416 e. The summed E-state index contributed by atoms with van der Waals surface area (Å²) >= 11 is 6.00. The standard InChI is InChI=1S/C24H27ClF3N5O/c25-18-3-6-20(24(26,27)28)17(13-18)15-33-8-7-31-23(30)22(33)14-21(29)16-1-4-19(5-2-16)32-9-11-34-12-10-32/h1-6,13,22,29H,7-12,14-15H2,(H2,30,31). The number of ether oxygens (including phenoxy) is 1. The Labute approximate surface area is 201 Å². The van der Waals surface area contributed by atoms with Crippen LogP contribution in [0.3, 0.4) is 0 Å². The minimum Gasteiger partial charge on any atom is -0.386 e. The van der Waals surface area contributed by atoms with Crippen LogP contribution in [0.5, 0.6) is 0 Å². The van der Waals surface area contributed by atoms with Crippen LogP contribution in [0.2, 0.25) is 5.02 Å². The molecule has 1 saturated heterocycles. The number of hydrogen-bond acceptors (Lipinski definition) is 6. The number of alkyl halides is 3. The normalized spacial score (nSPS) is 19.7. The Balaban J connectivity index is 1.50. The predicted molar refractivity (Wildman–Crippen MR) is 128 cm³/mol. The fourth-order valence-corrected chi connectivity index (χ4v) is 4.57. The molecule has 10 heteroatoms. The van der Waals surface area contributed by atoms with Gasteiger partial charge in [0, 0.05) is 49.0 Å². The van der Waals surface area contributed by atoms with Gasteiger partial charge >= 0.3 is 6.18 Å². The third-order valence-corrected chi connectivity index (χ3v) is 6.43. The summed E-state index contributed by atoms with van der Waals surface area (Å²) in [7, 11) is 0. The lowest BCUT2D eigenvalue weighted by Crippen LogP contribution is -2.50. The molecule has 0 aliphatic carbocycles. The van der Waals surface area contributed by atoms with E-state index in [0.717, 1.165) is 30.4 Å². The molecule has 1 fully saturated rings. The number of anilines is 1. The van der Waals surface area contributed by atoms with Crippen LogP contribution < -0.4 is 10.6 Å². The Hall–Kier alpha value is -2.62. The van der Waals surface area contributed by atoms with E-state index in [1.807, 2.05) is 29.2 Å². The van der Waals surface area contributed by atoms with Crippen molar-refractivity contribution in [2.45, 2.75) is 25.2 Å². The smallest absolute Gasteiger partial charge is 0.386 e. The van der Waals surface area contributed by atoms with E-state index < -0.39 is 17.8 Å². The van der Waals surface area contributed by atoms with Crippen molar-refractivity contribution in [2.24, 2.45) is 10.7 Å². The van der Waals surface area contributed by atoms with E-state index in [1.165, 1.54) is 12.1 Å². The van der Waals surface area contributed by atoms with E-state index in [1.54, 1.807) is 0 Å². The Morgan fingerprint density at radius 2 is 1.82 bits per heavy atom. The first kappa shape index (κ1) is 24.5. The summed E-state index contributed by atoms with van der Waals surface area (Å²) in [6.07, 6.45) is -4.24. The molecule has 182 valence electrons. The van der Waals surface area contributed by atoms with Crippen molar-refractivity contribution >= 4 is 28.8 Å². The Morgan fingerprint density at radius 1 is 1.12 bits per heavy atom. The van der Waals surface area contributed by atoms with Gasteiger partial charge in [-0.05, 0) is 41.5 Å². The number of nitrogens with one attached hydrogen (secondary N) is 1. The first-order valence-corrected chi connectivity index (χ1v) is 11.5. The van der Waals surface area contributed by atoms with E-state index >= 15 is 0 Å². The number of morpholine rings is 1. The highest BCUT2D eigenvalue weighted by Gasteiger charge is 2.35. The molecule has 1 unspecified atom stereocenters. The summed E-state index contributed by atoms with van der Waals surface area (Å²) in [4.78, 5) is 8.38. The minimum absolute atomic E-state index is 0.0134. The number of hydrogen-bond donors (Lipinski definition) is 2. The third-order valence-electron chi connectivity index (χ3n) is 6.20. The fourth-order valence-electron chi connectivity index (χ4n) is 4.37. The van der Waals surface area contributed by atoms with Crippen molar-refractivity contribution in [2.75, 3.05) is 44.3 Å². The van der Waals surface area contributed by atoms with Crippen molar-refractivity contribution in [3.05, 3.63) is 64.2 Å². The van der Waals surface area contributed by atoms with Gasteiger partial charge in [-0.3, -0.25) is 9.89 Å². The summed E-state index contributed by atoms with van der Waals surface area (Å²) in [5.41, 5.74) is 7.70. The van der Waals surface area contributed by atoms with Crippen LogP contribution in [0, 0.1) is 5.41 Å². The maximum atomic E-state index is 13.6. The quantitative estimate of drug-likeness (QED) is 0.591. The predicted octanol–water partition coefficient (Wildman–Crippen LogP) is 4.19. The first-order chi connectivity index (χ1) is 16.2. The van der Waals surface area contributed by atoms with Crippen molar-refractivity contribution in [3.63, 3.8) is 0 Å². The first-order valence-electron chi connectivity index (χ1n) is 11.1. The number of halogens is 4. The molecule has 2 aromatic rings. The molecule has 0 aromatic heterocycles. The molecule has 2 aromatic carbocycles. The summed E-state index contributed by atoms with van der Waals surface area (Å²) in [5.74, 6) is 0.330. The molecule has 34 heavy (non-hydrogen) atoms. The lowest BCUT2D eigenvalue weighted by molar-refractivity contribution is -0.138. The maximum absolute atomic E-state index is 13.6. The lowest BCUT2D eigenvalue weighted by Gasteiger charge is -2.35. The second kappa shape index (κ2) is 10.3. The fraction of sp³-hybridized carbons (Fsp3) is 0.417. The van der Waals surface area contributed by atoms with E-state index in [9.17, 15) is 13.2 Å². The molecule has 0 saturated carbocycles. The average molecular weight is 494 g/mol. The lowest BCUT2D eigenvalue weighted by atomic mass is 9.98. The van der Waals surface area contributed by atoms with Crippen LogP contribution in [0.25, 0.3) is 0 Å². The third kappa shape index (κ3) is 5.71. The molecule has 0 radical (unpaired) electrons. The number of rotatable bonds is 6. The molecule has 0 bridgehead atoms. The SMILES string of the molecule is N=C(CC1C(N)=NCCN1Cc1cc(Cl)ccc1C(F)(F)F)c1ccc(N2CCOCC2)cc1. The van der Waals surface area contributed by atoms with Crippen molar-refractivity contribution in [1.29, 1.82) is 5.41 Å². The van der Waals surface area contributed by atoms with Crippen molar-refractivity contribution in [1.82, 2.24) is 4.90 Å². The zero-order valence-electron chi connectivity index (χ0n) is 18.6. The van der Waals surface area contributed by atoms with Crippen molar-refractivity contribution < 1.29 is 17.9 Å². The zero-order chi connectivity index (χ0) is 24.3. The van der Waals surface area contributed by atoms with Crippen LogP contribution >= 0.6 is 11.6 Å². The Kier molecular flexibility index (Phi) is 7.45. The van der Waals surface area contributed by atoms with Gasteiger partial charge in [0.1, 0.15) is 5.84 Å². The molecule has 3 N–H and O–H groups in total. The highest BCUT2D eigenvalue weighted by molar-refractivity contribution is 6.30. The minimum atomic E-state index is -4.49. The number of amidine groups is 1. The molecular formula is C24H27ClF3N5O. The summed E-state index contributed by atoms with van der Waals surface area (Å²) in [5, 5.41) is 8.89. The molecule has 1 atom stereocenters. The molecule has 0 spiro atoms. The largest absolute Gasteiger partial charge is 0.416 e. The topological polar surface area (TPSA) is 77.9 Å². The Morgan fingerprint density at radius 3 is 2.50 bits per heavy atom. The van der Waals surface area contributed by atoms with Crippen LogP contribution in [-0.2, 0) is 17.5 Å². The summed E-state index contributed by atoms with van der Waals surface area (Å²) < 4.78 is 46.0. The summed E-state index contributed by atoms with van der Waals surface area (Å²) in [6.45, 7) is 3.88. The highest BCUT2D eigenvalue weighted by atomic mass is 35.5. The number of benzene rings is 2. The summed E-state index contributed by atoms with van der Waals surface area (Å²) in [6, 6.07) is 10.9. The molecule has 0 amide bonds. The van der Waals surface area contributed by atoms with E-state index in [-0.39, 0.29) is 23.6 Å². The second-order valence-electron chi connectivity index (χ2n) is 8.42. The second-order valence-corrected chi connectivity index (χ2v) is 8.86. The van der Waals surface area contributed by atoms with Crippen LogP contribution in [-0.4, -0.2) is 61.9 Å². The van der Waals surface area contributed by atoms with Crippen molar-refractivity contribution in [3.8, 4) is 0 Å². The molecule has 2 aliphatic heterocycles. The van der Waals surface area contributed by atoms with Gasteiger partial charge < -0.3 is 20.8 Å². The molecule has 4 rings (SSSR count). The number of nitrogens with zero attached hydrogens (tertiary/aromatic N) is 3. The van der Waals surface area contributed by atoms with Gasteiger partial charge in [-0.25, -0.2) is 0 Å². The van der Waals surface area contributed by atoms with E-state index in [4.69, 9.17) is 27.5 Å². The molecular weight excluding hydrogens is 467 g/mol. The van der Waals surface area contributed by atoms with Crippen LogP contribution in [0.15, 0.2) is 47.5 Å². The van der Waals surface area contributed by atoms with Crippen LogP contribution in [0.1, 0.15) is 23.1 Å². The highest BCUT2D eigenvalue weighted by Crippen LogP contribution is 2.34. The van der Waals surface area contributed by atoms with E-state index in [0.29, 0.717) is 37.9 Å². The monoisotopic (exact) mass is 493 g/mol. The van der Waals surface area contributed by atoms with Gasteiger partial charge in [-0.15, -0.1) is 0 Å². The van der Waals surface area contributed by atoms with Gasteiger partial charge in [-0.2, -0.15) is 13.2 Å². The molecule has 6 nitrogen and oxygen atoms in total. The molecule has 2 heterocycles. The molecule has 2 aliphatic rings. The number of nitrogens with two attached hydrogens (primary N) is 1. The van der Waals surface area contributed by atoms with E-state index in [2.05, 4.69) is 9.89 Å². The van der Waals surface area contributed by atoms with Gasteiger partial charge in [0.15, 0.2) is 0 Å². The van der Waals surface area contributed by atoms with Gasteiger partial charge in [-0.1, -0.05) is 23.7 Å². The Bertz CT molecular complexity index is 1050.